The van der Waals surface area contributed by atoms with E-state index >= 15 is 0 Å². The molecule has 1 N–H and O–H groups in total. The van der Waals surface area contributed by atoms with Crippen LogP contribution in [0, 0.1) is 19.3 Å². The maximum atomic E-state index is 11.8. The molecule has 1 aliphatic heterocycles. The number of ether oxygens (including phenoxy) is 2. The molecule has 0 radical (unpaired) electrons. The average Bonchev–Trinajstić information content (AvgIpc) is 2.30. The van der Waals surface area contributed by atoms with Crippen molar-refractivity contribution in [1.82, 2.24) is 0 Å². The Morgan fingerprint density at radius 3 is 2.44 bits per heavy atom. The molecule has 2 rings (SSSR count). The minimum absolute atomic E-state index is 0.201. The first-order valence-electron chi connectivity index (χ1n) is 6.05. The minimum atomic E-state index is -0.524. The van der Waals surface area contributed by atoms with Crippen molar-refractivity contribution in [3.05, 3.63) is 29.3 Å². The van der Waals surface area contributed by atoms with Gasteiger partial charge in [-0.25, -0.2) is 0 Å². The number of hydrogen-bond donors (Lipinski definition) is 1. The number of methoxy groups -OCH3 is 1. The van der Waals surface area contributed by atoms with Gasteiger partial charge in [0.05, 0.1) is 20.3 Å². The van der Waals surface area contributed by atoms with Crippen LogP contribution in [0.25, 0.3) is 0 Å². The Bertz CT molecular complexity index is 432. The van der Waals surface area contributed by atoms with E-state index < -0.39 is 5.41 Å². The van der Waals surface area contributed by atoms with Crippen molar-refractivity contribution in [2.45, 2.75) is 13.8 Å². The molecule has 1 saturated heterocycles. The van der Waals surface area contributed by atoms with E-state index in [1.54, 1.807) is 0 Å². The number of para-hydroxylation sites is 1. The lowest BCUT2D eigenvalue weighted by molar-refractivity contribution is -0.180. The highest BCUT2D eigenvalue weighted by Gasteiger charge is 2.47. The number of rotatable bonds is 4. The summed E-state index contributed by atoms with van der Waals surface area (Å²) in [6.45, 7) is 5.51. The molecule has 0 amide bonds. The van der Waals surface area contributed by atoms with Crippen molar-refractivity contribution in [2.24, 2.45) is 5.41 Å². The molecule has 0 unspecified atom stereocenters. The molecule has 0 saturated carbocycles. The minimum Gasteiger partial charge on any atom is -0.468 e. The van der Waals surface area contributed by atoms with E-state index in [1.165, 1.54) is 18.2 Å². The van der Waals surface area contributed by atoms with Gasteiger partial charge in [0, 0.05) is 12.2 Å². The topological polar surface area (TPSA) is 47.6 Å². The van der Waals surface area contributed by atoms with Crippen LogP contribution in [0.5, 0.6) is 0 Å². The van der Waals surface area contributed by atoms with Crippen LogP contribution in [0.1, 0.15) is 11.1 Å². The van der Waals surface area contributed by atoms with E-state index in [-0.39, 0.29) is 5.97 Å². The molecule has 0 spiro atoms. The van der Waals surface area contributed by atoms with Gasteiger partial charge < -0.3 is 14.8 Å². The quantitative estimate of drug-likeness (QED) is 0.828. The van der Waals surface area contributed by atoms with Crippen molar-refractivity contribution < 1.29 is 14.3 Å². The number of hydrogen-bond acceptors (Lipinski definition) is 4. The third kappa shape index (κ3) is 2.20. The average molecular weight is 249 g/mol. The lowest BCUT2D eigenvalue weighted by Gasteiger charge is -2.38. The van der Waals surface area contributed by atoms with Crippen molar-refractivity contribution in [2.75, 3.05) is 32.2 Å². The zero-order valence-electron chi connectivity index (χ0n) is 11.1. The Hall–Kier alpha value is -1.55. The Balaban J connectivity index is 2.09. The largest absolute Gasteiger partial charge is 0.468 e. The summed E-state index contributed by atoms with van der Waals surface area (Å²) in [7, 11) is 1.42. The molecule has 1 aromatic carbocycles. The Kier molecular flexibility index (Phi) is 3.57. The third-order valence-corrected chi connectivity index (χ3v) is 3.46. The van der Waals surface area contributed by atoms with Gasteiger partial charge in [-0.15, -0.1) is 0 Å². The molecule has 4 nitrogen and oxygen atoms in total. The van der Waals surface area contributed by atoms with Crippen molar-refractivity contribution in [3.63, 3.8) is 0 Å². The van der Waals surface area contributed by atoms with Crippen molar-refractivity contribution in [3.8, 4) is 0 Å². The van der Waals surface area contributed by atoms with Crippen LogP contribution < -0.4 is 5.32 Å². The lowest BCUT2D eigenvalue weighted by Crippen LogP contribution is -2.54. The number of aryl methyl sites for hydroxylation is 2. The van der Waals surface area contributed by atoms with Crippen LogP contribution in [-0.2, 0) is 14.3 Å². The van der Waals surface area contributed by atoms with Crippen LogP contribution in [0.15, 0.2) is 18.2 Å². The van der Waals surface area contributed by atoms with Gasteiger partial charge in [0.2, 0.25) is 0 Å². The first-order chi connectivity index (χ1) is 8.59. The maximum absolute atomic E-state index is 11.8. The Morgan fingerprint density at radius 2 is 2.00 bits per heavy atom. The van der Waals surface area contributed by atoms with Gasteiger partial charge in [-0.05, 0) is 25.0 Å². The summed E-state index contributed by atoms with van der Waals surface area (Å²) >= 11 is 0. The molecule has 98 valence electrons. The smallest absolute Gasteiger partial charge is 0.318 e. The summed E-state index contributed by atoms with van der Waals surface area (Å²) in [6.07, 6.45) is 0. The predicted molar refractivity (Wildman–Crippen MR) is 69.7 cm³/mol. The monoisotopic (exact) mass is 249 g/mol. The van der Waals surface area contributed by atoms with Gasteiger partial charge in [-0.3, -0.25) is 4.79 Å². The zero-order valence-corrected chi connectivity index (χ0v) is 11.1. The first-order valence-corrected chi connectivity index (χ1v) is 6.05. The SMILES string of the molecule is COC(=O)C1(CNc2c(C)cccc2C)COC1. The van der Waals surface area contributed by atoms with Crippen molar-refractivity contribution in [1.29, 1.82) is 0 Å². The summed E-state index contributed by atoms with van der Waals surface area (Å²) < 4.78 is 10.0. The molecule has 1 heterocycles. The third-order valence-electron chi connectivity index (χ3n) is 3.46. The highest BCUT2D eigenvalue weighted by molar-refractivity contribution is 5.79. The number of nitrogens with one attached hydrogen (secondary N) is 1. The molecule has 4 heteroatoms. The number of esters is 1. The van der Waals surface area contributed by atoms with Crippen molar-refractivity contribution >= 4 is 11.7 Å². The highest BCUT2D eigenvalue weighted by atomic mass is 16.5. The molecule has 18 heavy (non-hydrogen) atoms. The second-order valence-corrected chi connectivity index (χ2v) is 4.89. The summed E-state index contributed by atoms with van der Waals surface area (Å²) in [4.78, 5) is 11.8. The molecular weight excluding hydrogens is 230 g/mol. The van der Waals surface area contributed by atoms with E-state index in [0.717, 1.165) is 5.69 Å². The van der Waals surface area contributed by atoms with Crippen LogP contribution >= 0.6 is 0 Å². The molecule has 1 fully saturated rings. The second kappa shape index (κ2) is 4.98. The van der Waals surface area contributed by atoms with Gasteiger partial charge in [-0.2, -0.15) is 0 Å². The molecule has 0 atom stereocenters. The summed E-state index contributed by atoms with van der Waals surface area (Å²) in [5.74, 6) is -0.201. The second-order valence-electron chi connectivity index (χ2n) is 4.89. The normalized spacial score (nSPS) is 16.8. The lowest BCUT2D eigenvalue weighted by atomic mass is 9.85. The van der Waals surface area contributed by atoms with E-state index in [9.17, 15) is 4.79 Å². The predicted octanol–water partition coefficient (Wildman–Crippen LogP) is 1.90. The van der Waals surface area contributed by atoms with E-state index in [4.69, 9.17) is 9.47 Å². The highest BCUT2D eigenvalue weighted by Crippen LogP contribution is 2.30. The summed E-state index contributed by atoms with van der Waals surface area (Å²) in [5, 5.41) is 3.36. The van der Waals surface area contributed by atoms with Crippen LogP contribution in [0.2, 0.25) is 0 Å². The van der Waals surface area contributed by atoms with Gasteiger partial charge in [0.25, 0.3) is 0 Å². The first kappa shape index (κ1) is 12.9. The Morgan fingerprint density at radius 1 is 1.39 bits per heavy atom. The molecule has 1 aromatic rings. The number of carbonyl (C=O) groups excluding carboxylic acids is 1. The fourth-order valence-electron chi connectivity index (χ4n) is 2.21. The van der Waals surface area contributed by atoms with Crippen LogP contribution in [-0.4, -0.2) is 32.8 Å². The molecule has 0 bridgehead atoms. The molecule has 0 aromatic heterocycles. The van der Waals surface area contributed by atoms with Crippen LogP contribution in [0.4, 0.5) is 5.69 Å². The van der Waals surface area contributed by atoms with Crippen LogP contribution in [0.3, 0.4) is 0 Å². The van der Waals surface area contributed by atoms with Gasteiger partial charge in [-0.1, -0.05) is 18.2 Å². The zero-order chi connectivity index (χ0) is 13.2. The fourth-order valence-corrected chi connectivity index (χ4v) is 2.21. The van der Waals surface area contributed by atoms with Gasteiger partial charge >= 0.3 is 5.97 Å². The van der Waals surface area contributed by atoms with E-state index in [2.05, 4.69) is 31.3 Å². The number of anilines is 1. The standard InChI is InChI=1S/C14H19NO3/c1-10-5-4-6-11(2)12(10)15-7-14(8-18-9-14)13(16)17-3/h4-6,15H,7-9H2,1-3H3. The van der Waals surface area contributed by atoms with E-state index in [1.807, 2.05) is 6.07 Å². The molecule has 0 aliphatic carbocycles. The Labute approximate surface area is 107 Å². The number of carbonyl (C=O) groups is 1. The van der Waals surface area contributed by atoms with E-state index in [0.29, 0.717) is 19.8 Å². The summed E-state index contributed by atoms with van der Waals surface area (Å²) in [5.41, 5.74) is 2.92. The van der Waals surface area contributed by atoms with Gasteiger partial charge in [0.1, 0.15) is 5.41 Å². The van der Waals surface area contributed by atoms with Gasteiger partial charge in [0.15, 0.2) is 0 Å². The number of benzene rings is 1. The molecular formula is C14H19NO3. The molecule has 1 aliphatic rings. The fraction of sp³-hybridized carbons (Fsp3) is 0.500. The maximum Gasteiger partial charge on any atom is 0.318 e. The summed E-state index contributed by atoms with van der Waals surface area (Å²) in [6, 6.07) is 6.13.